The van der Waals surface area contributed by atoms with Crippen molar-refractivity contribution in [3.8, 4) is 0 Å². The molecule has 0 atom stereocenters. The minimum Gasteiger partial charge on any atom is -0.478 e. The van der Waals surface area contributed by atoms with E-state index in [1.54, 1.807) is 6.92 Å². The van der Waals surface area contributed by atoms with E-state index in [4.69, 9.17) is 10.8 Å². The van der Waals surface area contributed by atoms with Gasteiger partial charge in [0.2, 0.25) is 5.91 Å². The van der Waals surface area contributed by atoms with Gasteiger partial charge in [-0.15, -0.1) is 0 Å². The highest BCUT2D eigenvalue weighted by Crippen LogP contribution is 2.38. The van der Waals surface area contributed by atoms with Crippen LogP contribution in [0.4, 0.5) is 5.00 Å². The molecule has 2 rings (SSSR count). The summed E-state index contributed by atoms with van der Waals surface area (Å²) in [6.07, 6.45) is 5.67. The van der Waals surface area contributed by atoms with E-state index in [2.05, 4.69) is 9.69 Å². The van der Waals surface area contributed by atoms with E-state index in [9.17, 15) is 9.59 Å². The number of carboxylic acid groups (broad SMARTS) is 1. The van der Waals surface area contributed by atoms with Crippen molar-refractivity contribution in [1.29, 1.82) is 0 Å². The van der Waals surface area contributed by atoms with Gasteiger partial charge in [0.1, 0.15) is 10.6 Å². The molecule has 1 saturated carbocycles. The first-order valence-electron chi connectivity index (χ1n) is 7.17. The molecule has 6 nitrogen and oxygen atoms in total. The van der Waals surface area contributed by atoms with Gasteiger partial charge in [0.25, 0.3) is 0 Å². The zero-order valence-electron chi connectivity index (χ0n) is 12.1. The van der Waals surface area contributed by atoms with Gasteiger partial charge in [-0.3, -0.25) is 4.79 Å². The first-order valence-corrected chi connectivity index (χ1v) is 7.94. The van der Waals surface area contributed by atoms with E-state index in [0.717, 1.165) is 37.2 Å². The van der Waals surface area contributed by atoms with Gasteiger partial charge < -0.3 is 16.2 Å². The summed E-state index contributed by atoms with van der Waals surface area (Å²) >= 11 is 1.01. The number of aryl methyl sites for hydroxylation is 1. The van der Waals surface area contributed by atoms with E-state index < -0.39 is 5.97 Å². The predicted octanol–water partition coefficient (Wildman–Crippen LogP) is 2.39. The quantitative estimate of drug-likeness (QED) is 0.774. The Morgan fingerprint density at radius 2 is 2.05 bits per heavy atom. The molecule has 0 unspecified atom stereocenters. The van der Waals surface area contributed by atoms with Crippen molar-refractivity contribution in [2.24, 2.45) is 11.1 Å². The topological polar surface area (TPSA) is 105 Å². The number of rotatable bonds is 5. The van der Waals surface area contributed by atoms with Crippen molar-refractivity contribution in [1.82, 2.24) is 4.37 Å². The maximum Gasteiger partial charge on any atom is 0.340 e. The Morgan fingerprint density at radius 1 is 1.38 bits per heavy atom. The number of nitrogens with two attached hydrogens (primary N) is 1. The minimum absolute atomic E-state index is 0.0822. The number of carbonyl (C=O) groups excluding carboxylic acids is 1. The molecule has 0 bridgehead atoms. The number of hydrogen-bond acceptors (Lipinski definition) is 5. The molecule has 0 saturated heterocycles. The van der Waals surface area contributed by atoms with Crippen molar-refractivity contribution in [3.05, 3.63) is 11.3 Å². The number of nitrogens with zero attached hydrogens (tertiary/aromatic N) is 1. The normalized spacial score (nSPS) is 17.4. The van der Waals surface area contributed by atoms with E-state index in [0.29, 0.717) is 23.7 Å². The molecule has 0 aliphatic heterocycles. The third kappa shape index (κ3) is 3.59. The summed E-state index contributed by atoms with van der Waals surface area (Å²) in [6, 6.07) is 0. The molecule has 1 heterocycles. The Hall–Kier alpha value is -1.47. The van der Waals surface area contributed by atoms with Crippen LogP contribution in [-0.2, 0) is 4.79 Å². The molecule has 116 valence electrons. The lowest BCUT2D eigenvalue weighted by Gasteiger charge is -2.35. The number of hydrogen-bond donors (Lipinski definition) is 3. The minimum atomic E-state index is -1.07. The summed E-state index contributed by atoms with van der Waals surface area (Å²) in [7, 11) is 0. The van der Waals surface area contributed by atoms with Crippen LogP contribution in [0.3, 0.4) is 0 Å². The van der Waals surface area contributed by atoms with Gasteiger partial charge in [-0.1, -0.05) is 19.3 Å². The summed E-state index contributed by atoms with van der Waals surface area (Å²) in [6.45, 7) is 2.12. The lowest BCUT2D eigenvalue weighted by atomic mass is 9.71. The summed E-state index contributed by atoms with van der Waals surface area (Å²) < 4.78 is 4.00. The first-order chi connectivity index (χ1) is 9.97. The van der Waals surface area contributed by atoms with Crippen LogP contribution < -0.4 is 11.1 Å². The Kier molecular flexibility index (Phi) is 4.95. The van der Waals surface area contributed by atoms with Crippen LogP contribution in [0.15, 0.2) is 0 Å². The van der Waals surface area contributed by atoms with Gasteiger partial charge in [0.05, 0.1) is 5.69 Å². The van der Waals surface area contributed by atoms with Gasteiger partial charge in [0, 0.05) is 6.42 Å². The molecule has 1 aromatic rings. The summed E-state index contributed by atoms with van der Waals surface area (Å²) in [5.74, 6) is -1.24. The van der Waals surface area contributed by atoms with E-state index in [1.807, 2.05) is 0 Å². The van der Waals surface area contributed by atoms with Gasteiger partial charge >= 0.3 is 5.97 Å². The summed E-state index contributed by atoms with van der Waals surface area (Å²) in [4.78, 5) is 23.4. The molecular weight excluding hydrogens is 290 g/mol. The molecule has 1 fully saturated rings. The molecule has 1 aromatic heterocycles. The Bertz CT molecular complexity index is 536. The molecule has 21 heavy (non-hydrogen) atoms. The lowest BCUT2D eigenvalue weighted by molar-refractivity contribution is -0.118. The van der Waals surface area contributed by atoms with Crippen LogP contribution in [0, 0.1) is 12.3 Å². The molecular formula is C14H21N3O3S. The average Bonchev–Trinajstić information content (AvgIpc) is 2.80. The largest absolute Gasteiger partial charge is 0.478 e. The molecule has 0 spiro atoms. The second kappa shape index (κ2) is 6.53. The summed E-state index contributed by atoms with van der Waals surface area (Å²) in [5.41, 5.74) is 6.25. The van der Waals surface area contributed by atoms with E-state index in [1.165, 1.54) is 6.42 Å². The Morgan fingerprint density at radius 3 is 2.62 bits per heavy atom. The highest BCUT2D eigenvalue weighted by atomic mass is 32.1. The lowest BCUT2D eigenvalue weighted by Crippen LogP contribution is -2.36. The number of carbonyl (C=O) groups is 2. The van der Waals surface area contributed by atoms with Gasteiger partial charge in [-0.2, -0.15) is 4.37 Å². The molecule has 1 amide bonds. The number of aromatic carboxylic acids is 1. The monoisotopic (exact) mass is 311 g/mol. The number of nitrogens with one attached hydrogen (secondary N) is 1. The zero-order chi connectivity index (χ0) is 15.5. The Labute approximate surface area is 127 Å². The number of aromatic nitrogens is 1. The van der Waals surface area contributed by atoms with Gasteiger partial charge in [0.15, 0.2) is 0 Å². The van der Waals surface area contributed by atoms with Crippen LogP contribution in [0.25, 0.3) is 0 Å². The maximum absolute atomic E-state index is 12.2. The van der Waals surface area contributed by atoms with Crippen LogP contribution >= 0.6 is 11.5 Å². The standard InChI is InChI=1S/C14H21N3O3S/c1-9-11(13(19)20)12(21-17-9)16-10(18)7-14(8-15)5-3-2-4-6-14/h2-8,15H2,1H3,(H,16,18)(H,19,20). The first kappa shape index (κ1) is 15.9. The van der Waals surface area contributed by atoms with Crippen molar-refractivity contribution < 1.29 is 14.7 Å². The van der Waals surface area contributed by atoms with Gasteiger partial charge in [-0.25, -0.2) is 4.79 Å². The van der Waals surface area contributed by atoms with Crippen LogP contribution in [0.2, 0.25) is 0 Å². The van der Waals surface area contributed by atoms with E-state index in [-0.39, 0.29) is 16.9 Å². The average molecular weight is 311 g/mol. The van der Waals surface area contributed by atoms with Crippen LogP contribution in [-0.4, -0.2) is 27.9 Å². The maximum atomic E-state index is 12.2. The fraction of sp³-hybridized carbons (Fsp3) is 0.643. The zero-order valence-corrected chi connectivity index (χ0v) is 13.0. The third-order valence-corrected chi connectivity index (χ3v) is 5.07. The highest BCUT2D eigenvalue weighted by Gasteiger charge is 2.33. The number of amides is 1. The van der Waals surface area contributed by atoms with Crippen molar-refractivity contribution in [2.75, 3.05) is 11.9 Å². The highest BCUT2D eigenvalue weighted by molar-refractivity contribution is 7.11. The van der Waals surface area contributed by atoms with Crippen LogP contribution in [0.1, 0.15) is 54.6 Å². The third-order valence-electron chi connectivity index (χ3n) is 4.21. The molecule has 0 aromatic carbocycles. The molecule has 1 aliphatic rings. The fourth-order valence-electron chi connectivity index (χ4n) is 2.97. The Balaban J connectivity index is 2.06. The van der Waals surface area contributed by atoms with Crippen molar-refractivity contribution >= 4 is 28.4 Å². The molecule has 7 heteroatoms. The second-order valence-electron chi connectivity index (χ2n) is 5.77. The number of anilines is 1. The van der Waals surface area contributed by atoms with Crippen molar-refractivity contribution in [3.63, 3.8) is 0 Å². The SMILES string of the molecule is Cc1nsc(NC(=O)CC2(CN)CCCCC2)c1C(=O)O. The van der Waals surface area contributed by atoms with Crippen molar-refractivity contribution in [2.45, 2.75) is 45.4 Å². The second-order valence-corrected chi connectivity index (χ2v) is 6.54. The van der Waals surface area contributed by atoms with E-state index >= 15 is 0 Å². The summed E-state index contributed by atoms with van der Waals surface area (Å²) in [5, 5.41) is 12.2. The van der Waals surface area contributed by atoms with Gasteiger partial charge in [-0.05, 0) is 43.3 Å². The molecule has 0 radical (unpaired) electrons. The molecule has 4 N–H and O–H groups in total. The number of carboxylic acids is 1. The fourth-order valence-corrected chi connectivity index (χ4v) is 3.78. The molecule has 1 aliphatic carbocycles. The predicted molar refractivity (Wildman–Crippen MR) is 81.6 cm³/mol. The van der Waals surface area contributed by atoms with Crippen LogP contribution in [0.5, 0.6) is 0 Å². The smallest absolute Gasteiger partial charge is 0.340 e.